The van der Waals surface area contributed by atoms with Crippen LogP contribution in [0, 0.1) is 11.6 Å². The van der Waals surface area contributed by atoms with Crippen molar-refractivity contribution in [2.75, 3.05) is 0 Å². The lowest BCUT2D eigenvalue weighted by Gasteiger charge is -2.21. The van der Waals surface area contributed by atoms with E-state index in [2.05, 4.69) is 25.9 Å². The van der Waals surface area contributed by atoms with Crippen LogP contribution in [-0.4, -0.2) is 9.97 Å². The molecule has 1 aliphatic carbocycles. The van der Waals surface area contributed by atoms with E-state index in [0.717, 1.165) is 16.0 Å². The quantitative estimate of drug-likeness (QED) is 0.782. The van der Waals surface area contributed by atoms with Crippen molar-refractivity contribution in [1.29, 1.82) is 0 Å². The number of halogens is 1. The number of nitrogens with one attached hydrogen (secondary N) is 1. The van der Waals surface area contributed by atoms with Crippen LogP contribution >= 0.6 is 28.1 Å². The standard InChI is InChI=1S/C11H15BrN2S/c1-7-9(12)11(15)14-10(13-7)8-5-3-2-4-6-8/h8H,2-6H2,1H3,(H,13,14,15). The smallest absolute Gasteiger partial charge is 0.144 e. The van der Waals surface area contributed by atoms with Gasteiger partial charge in [0.25, 0.3) is 0 Å². The minimum Gasteiger partial charge on any atom is -0.346 e. The maximum Gasteiger partial charge on any atom is 0.144 e. The average Bonchev–Trinajstić information content (AvgIpc) is 2.26. The molecule has 4 heteroatoms. The highest BCUT2D eigenvalue weighted by Crippen LogP contribution is 2.31. The predicted molar refractivity (Wildman–Crippen MR) is 67.7 cm³/mol. The van der Waals surface area contributed by atoms with E-state index < -0.39 is 0 Å². The van der Waals surface area contributed by atoms with Crippen molar-refractivity contribution in [2.45, 2.75) is 44.9 Å². The second-order valence-corrected chi connectivity index (χ2v) is 5.38. The molecule has 0 atom stereocenters. The van der Waals surface area contributed by atoms with Gasteiger partial charge in [-0.15, -0.1) is 0 Å². The van der Waals surface area contributed by atoms with Gasteiger partial charge in [0.1, 0.15) is 10.5 Å². The molecule has 1 aromatic rings. The number of aryl methyl sites for hydroxylation is 1. The van der Waals surface area contributed by atoms with Gasteiger partial charge in [0.15, 0.2) is 0 Å². The van der Waals surface area contributed by atoms with Crippen LogP contribution in [0.4, 0.5) is 0 Å². The molecule has 15 heavy (non-hydrogen) atoms. The van der Waals surface area contributed by atoms with Crippen LogP contribution in [0.5, 0.6) is 0 Å². The molecule has 0 bridgehead atoms. The fraction of sp³-hybridized carbons (Fsp3) is 0.636. The molecule has 1 saturated carbocycles. The van der Waals surface area contributed by atoms with Crippen molar-refractivity contribution in [3.63, 3.8) is 0 Å². The summed E-state index contributed by atoms with van der Waals surface area (Å²) in [6, 6.07) is 0. The summed E-state index contributed by atoms with van der Waals surface area (Å²) in [6.45, 7) is 2.04. The molecule has 1 fully saturated rings. The summed E-state index contributed by atoms with van der Waals surface area (Å²) in [5.74, 6) is 1.67. The Morgan fingerprint density at radius 1 is 1.33 bits per heavy atom. The van der Waals surface area contributed by atoms with E-state index in [1.807, 2.05) is 6.92 Å². The van der Waals surface area contributed by atoms with Crippen LogP contribution in [-0.2, 0) is 0 Å². The van der Waals surface area contributed by atoms with Crippen LogP contribution in [0.1, 0.15) is 49.5 Å². The van der Waals surface area contributed by atoms with Crippen molar-refractivity contribution in [3.8, 4) is 0 Å². The topological polar surface area (TPSA) is 28.7 Å². The molecule has 0 spiro atoms. The Morgan fingerprint density at radius 3 is 2.60 bits per heavy atom. The number of nitrogens with zero attached hydrogens (tertiary/aromatic N) is 1. The highest BCUT2D eigenvalue weighted by molar-refractivity contribution is 9.10. The fourth-order valence-corrected chi connectivity index (χ4v) is 2.60. The van der Waals surface area contributed by atoms with Gasteiger partial charge >= 0.3 is 0 Å². The molecule has 0 aliphatic heterocycles. The number of H-pyrrole nitrogens is 1. The first-order chi connectivity index (χ1) is 7.18. The Balaban J connectivity index is 2.32. The second kappa shape index (κ2) is 4.74. The highest BCUT2D eigenvalue weighted by Gasteiger charge is 2.18. The van der Waals surface area contributed by atoms with Gasteiger partial charge < -0.3 is 4.98 Å². The lowest BCUT2D eigenvalue weighted by Crippen LogP contribution is -2.10. The van der Waals surface area contributed by atoms with Gasteiger partial charge in [-0.25, -0.2) is 4.98 Å². The minimum absolute atomic E-state index is 0.590. The van der Waals surface area contributed by atoms with Crippen molar-refractivity contribution >= 4 is 28.1 Å². The van der Waals surface area contributed by atoms with E-state index in [-0.39, 0.29) is 0 Å². The SMILES string of the molecule is Cc1[nH]c(C2CCCCC2)nc(=S)c1Br. The molecule has 1 aromatic heterocycles. The van der Waals surface area contributed by atoms with Gasteiger partial charge in [-0.3, -0.25) is 0 Å². The first-order valence-corrected chi connectivity index (χ1v) is 6.65. The normalized spacial score (nSPS) is 18.0. The molecule has 1 heterocycles. The summed E-state index contributed by atoms with van der Waals surface area (Å²) in [5, 5.41) is 0. The van der Waals surface area contributed by atoms with Gasteiger partial charge in [0.05, 0.1) is 4.47 Å². The van der Waals surface area contributed by atoms with Crippen LogP contribution < -0.4 is 0 Å². The fourth-order valence-electron chi connectivity index (χ4n) is 2.16. The number of aromatic amines is 1. The maximum absolute atomic E-state index is 5.22. The van der Waals surface area contributed by atoms with Gasteiger partial charge in [-0.2, -0.15) is 0 Å². The van der Waals surface area contributed by atoms with E-state index in [4.69, 9.17) is 12.2 Å². The van der Waals surface area contributed by atoms with Gasteiger partial charge in [-0.1, -0.05) is 31.5 Å². The summed E-state index contributed by atoms with van der Waals surface area (Å²) < 4.78 is 1.61. The number of hydrogen-bond acceptors (Lipinski definition) is 2. The summed E-state index contributed by atoms with van der Waals surface area (Å²) in [5.41, 5.74) is 1.09. The molecule has 82 valence electrons. The molecular formula is C11H15BrN2S. The van der Waals surface area contributed by atoms with Crippen LogP contribution in [0.25, 0.3) is 0 Å². The summed E-state index contributed by atoms with van der Waals surface area (Å²) >= 11 is 8.66. The maximum atomic E-state index is 5.22. The summed E-state index contributed by atoms with van der Waals surface area (Å²) in [7, 11) is 0. The Kier molecular flexibility index (Phi) is 3.57. The van der Waals surface area contributed by atoms with Crippen molar-refractivity contribution < 1.29 is 0 Å². The molecule has 0 unspecified atom stereocenters. The Bertz CT molecular complexity index is 408. The molecule has 2 rings (SSSR count). The van der Waals surface area contributed by atoms with Gasteiger partial charge in [0.2, 0.25) is 0 Å². The monoisotopic (exact) mass is 286 g/mol. The minimum atomic E-state index is 0.590. The summed E-state index contributed by atoms with van der Waals surface area (Å²) in [6.07, 6.45) is 6.51. The third-order valence-electron chi connectivity index (χ3n) is 3.05. The third kappa shape index (κ3) is 2.48. The largest absolute Gasteiger partial charge is 0.346 e. The lowest BCUT2D eigenvalue weighted by atomic mass is 9.89. The van der Waals surface area contributed by atoms with Crippen LogP contribution in [0.2, 0.25) is 0 Å². The predicted octanol–water partition coefficient (Wildman–Crippen LogP) is 4.26. The van der Waals surface area contributed by atoms with E-state index in [1.165, 1.54) is 32.1 Å². The van der Waals surface area contributed by atoms with E-state index in [9.17, 15) is 0 Å². The van der Waals surface area contributed by atoms with Crippen molar-refractivity contribution in [1.82, 2.24) is 9.97 Å². The number of hydrogen-bond donors (Lipinski definition) is 1. The molecule has 1 aliphatic rings. The molecule has 0 radical (unpaired) electrons. The molecule has 0 aromatic carbocycles. The zero-order chi connectivity index (χ0) is 10.8. The number of rotatable bonds is 1. The third-order valence-corrected chi connectivity index (χ3v) is 4.57. The van der Waals surface area contributed by atoms with Crippen molar-refractivity contribution in [3.05, 3.63) is 20.6 Å². The Labute approximate surface area is 104 Å². The zero-order valence-electron chi connectivity index (χ0n) is 8.85. The number of aromatic nitrogens is 2. The first kappa shape index (κ1) is 11.3. The lowest BCUT2D eigenvalue weighted by molar-refractivity contribution is 0.427. The van der Waals surface area contributed by atoms with E-state index in [0.29, 0.717) is 10.6 Å². The molecule has 0 amide bonds. The van der Waals surface area contributed by atoms with Crippen LogP contribution in [0.3, 0.4) is 0 Å². The van der Waals surface area contributed by atoms with Crippen molar-refractivity contribution in [2.24, 2.45) is 0 Å². The molecule has 1 N–H and O–H groups in total. The average molecular weight is 287 g/mol. The van der Waals surface area contributed by atoms with E-state index in [1.54, 1.807) is 0 Å². The highest BCUT2D eigenvalue weighted by atomic mass is 79.9. The van der Waals surface area contributed by atoms with E-state index >= 15 is 0 Å². The second-order valence-electron chi connectivity index (χ2n) is 4.20. The zero-order valence-corrected chi connectivity index (χ0v) is 11.2. The van der Waals surface area contributed by atoms with Gasteiger partial charge in [0, 0.05) is 11.6 Å². The summed E-state index contributed by atoms with van der Waals surface area (Å²) in [4.78, 5) is 7.83. The Morgan fingerprint density at radius 2 is 2.00 bits per heavy atom. The van der Waals surface area contributed by atoms with Gasteiger partial charge in [-0.05, 0) is 35.7 Å². The first-order valence-electron chi connectivity index (χ1n) is 5.45. The molecular weight excluding hydrogens is 272 g/mol. The molecule has 0 saturated heterocycles. The van der Waals surface area contributed by atoms with Crippen LogP contribution in [0.15, 0.2) is 4.47 Å². The Hall–Kier alpha value is -0.220. The molecule has 2 nitrogen and oxygen atoms in total.